The van der Waals surface area contributed by atoms with Crippen LogP contribution in [0.3, 0.4) is 0 Å². The fourth-order valence-electron chi connectivity index (χ4n) is 2.72. The predicted octanol–water partition coefficient (Wildman–Crippen LogP) is 4.14. The fraction of sp³-hybridized carbons (Fsp3) is 0.375. The summed E-state index contributed by atoms with van der Waals surface area (Å²) in [5.74, 6) is 1.79. The molecular weight excluding hydrogens is 314 g/mol. The van der Waals surface area contributed by atoms with Crippen molar-refractivity contribution in [2.45, 2.75) is 32.6 Å². The topological polar surface area (TPSA) is 37.8 Å². The largest absolute Gasteiger partial charge is 0.373 e. The summed E-state index contributed by atoms with van der Waals surface area (Å²) in [6, 6.07) is 6.29. The Kier molecular flexibility index (Phi) is 3.74. The summed E-state index contributed by atoms with van der Waals surface area (Å²) in [6.07, 6.45) is 4.60. The first-order valence-electron chi connectivity index (χ1n) is 7.03. The molecule has 3 rings (SSSR count). The highest BCUT2D eigenvalue weighted by Gasteiger charge is 2.18. The molecule has 0 bridgehead atoms. The van der Waals surface area contributed by atoms with Crippen molar-refractivity contribution in [2.75, 3.05) is 12.4 Å². The van der Waals surface area contributed by atoms with Crippen LogP contribution in [0.15, 0.2) is 22.7 Å². The summed E-state index contributed by atoms with van der Waals surface area (Å²) in [4.78, 5) is 9.51. The number of benzene rings is 1. The Labute approximate surface area is 128 Å². The van der Waals surface area contributed by atoms with Crippen molar-refractivity contribution in [1.29, 1.82) is 0 Å². The van der Waals surface area contributed by atoms with E-state index in [2.05, 4.69) is 46.4 Å². The first-order valence-corrected chi connectivity index (χ1v) is 7.82. The maximum Gasteiger partial charge on any atom is 0.162 e. The summed E-state index contributed by atoms with van der Waals surface area (Å²) in [5, 5.41) is 3.23. The van der Waals surface area contributed by atoms with Crippen LogP contribution in [-0.4, -0.2) is 17.0 Å². The quantitative estimate of drug-likeness (QED) is 0.898. The van der Waals surface area contributed by atoms with E-state index >= 15 is 0 Å². The number of anilines is 1. The molecule has 0 unspecified atom stereocenters. The first kappa shape index (κ1) is 13.6. The lowest BCUT2D eigenvalue weighted by molar-refractivity contribution is 0.665. The highest BCUT2D eigenvalue weighted by Crippen LogP contribution is 2.31. The number of halogens is 1. The number of nitrogens with zero attached hydrogens (tertiary/aromatic N) is 2. The molecular formula is C16H18BrN3. The molecule has 1 heterocycles. The van der Waals surface area contributed by atoms with Crippen molar-refractivity contribution in [1.82, 2.24) is 9.97 Å². The molecule has 1 N–H and O–H groups in total. The SMILES string of the molecule is CNc1nc(-c2ccc(C)cc2Br)nc2c1CCCC2. The average Bonchev–Trinajstić information content (AvgIpc) is 2.46. The zero-order valence-electron chi connectivity index (χ0n) is 11.8. The van der Waals surface area contributed by atoms with Gasteiger partial charge in [0.05, 0.1) is 0 Å². The van der Waals surface area contributed by atoms with Gasteiger partial charge in [0, 0.05) is 28.3 Å². The summed E-state index contributed by atoms with van der Waals surface area (Å²) < 4.78 is 1.05. The molecule has 0 amide bonds. The van der Waals surface area contributed by atoms with Crippen LogP contribution in [0.1, 0.15) is 29.7 Å². The Morgan fingerprint density at radius 2 is 1.95 bits per heavy atom. The van der Waals surface area contributed by atoms with Crippen molar-refractivity contribution in [2.24, 2.45) is 0 Å². The molecule has 2 aromatic rings. The Balaban J connectivity index is 2.14. The van der Waals surface area contributed by atoms with Crippen LogP contribution in [0.2, 0.25) is 0 Å². The summed E-state index contributed by atoms with van der Waals surface area (Å²) in [6.45, 7) is 2.08. The second-order valence-electron chi connectivity index (χ2n) is 5.26. The van der Waals surface area contributed by atoms with Crippen LogP contribution in [0.4, 0.5) is 5.82 Å². The Morgan fingerprint density at radius 1 is 1.15 bits per heavy atom. The molecule has 1 aliphatic rings. The van der Waals surface area contributed by atoms with Crippen LogP contribution in [0.5, 0.6) is 0 Å². The molecule has 4 heteroatoms. The van der Waals surface area contributed by atoms with Gasteiger partial charge in [0.15, 0.2) is 5.82 Å². The van der Waals surface area contributed by atoms with Gasteiger partial charge in [-0.1, -0.05) is 22.0 Å². The molecule has 20 heavy (non-hydrogen) atoms. The number of fused-ring (bicyclic) bond motifs is 1. The molecule has 1 aromatic carbocycles. The van der Waals surface area contributed by atoms with E-state index in [9.17, 15) is 0 Å². The molecule has 0 aliphatic heterocycles. The van der Waals surface area contributed by atoms with E-state index in [4.69, 9.17) is 9.97 Å². The first-order chi connectivity index (χ1) is 9.69. The summed E-state index contributed by atoms with van der Waals surface area (Å²) >= 11 is 3.63. The Morgan fingerprint density at radius 3 is 2.70 bits per heavy atom. The second kappa shape index (κ2) is 5.52. The average molecular weight is 332 g/mol. The fourth-order valence-corrected chi connectivity index (χ4v) is 3.39. The smallest absolute Gasteiger partial charge is 0.162 e. The molecule has 3 nitrogen and oxygen atoms in total. The normalized spacial score (nSPS) is 13.9. The highest BCUT2D eigenvalue weighted by atomic mass is 79.9. The lowest BCUT2D eigenvalue weighted by atomic mass is 9.96. The van der Waals surface area contributed by atoms with E-state index < -0.39 is 0 Å². The van der Waals surface area contributed by atoms with Crippen LogP contribution >= 0.6 is 15.9 Å². The summed E-state index contributed by atoms with van der Waals surface area (Å²) in [5.41, 5.74) is 4.79. The van der Waals surface area contributed by atoms with Gasteiger partial charge in [0.1, 0.15) is 5.82 Å². The lowest BCUT2D eigenvalue weighted by Crippen LogP contribution is -2.12. The second-order valence-corrected chi connectivity index (χ2v) is 6.12. The third-order valence-corrected chi connectivity index (χ3v) is 4.44. The third kappa shape index (κ3) is 2.44. The van der Waals surface area contributed by atoms with Crippen LogP contribution < -0.4 is 5.32 Å². The Hall–Kier alpha value is -1.42. The molecule has 0 atom stereocenters. The summed E-state index contributed by atoms with van der Waals surface area (Å²) in [7, 11) is 1.94. The molecule has 0 saturated heterocycles. The van der Waals surface area contributed by atoms with E-state index in [1.165, 1.54) is 29.7 Å². The number of aromatic nitrogens is 2. The minimum Gasteiger partial charge on any atom is -0.373 e. The van der Waals surface area contributed by atoms with Gasteiger partial charge in [0.25, 0.3) is 0 Å². The molecule has 1 aromatic heterocycles. The maximum absolute atomic E-state index is 4.80. The van der Waals surface area contributed by atoms with E-state index in [1.807, 2.05) is 7.05 Å². The highest BCUT2D eigenvalue weighted by molar-refractivity contribution is 9.10. The lowest BCUT2D eigenvalue weighted by Gasteiger charge is -2.19. The van der Waals surface area contributed by atoms with Crippen molar-refractivity contribution in [3.05, 3.63) is 39.5 Å². The standard InChI is InChI=1S/C16H18BrN3/c1-10-7-8-11(13(17)9-10)16-19-14-6-4-3-5-12(14)15(18-2)20-16/h7-9H,3-6H2,1-2H3,(H,18,19,20). The third-order valence-electron chi connectivity index (χ3n) is 3.79. The molecule has 0 saturated carbocycles. The number of aryl methyl sites for hydroxylation is 2. The number of hydrogen-bond donors (Lipinski definition) is 1. The maximum atomic E-state index is 4.80. The van der Waals surface area contributed by atoms with Gasteiger partial charge in [-0.15, -0.1) is 0 Å². The number of hydrogen-bond acceptors (Lipinski definition) is 3. The predicted molar refractivity (Wildman–Crippen MR) is 86.1 cm³/mol. The van der Waals surface area contributed by atoms with E-state index in [-0.39, 0.29) is 0 Å². The minimum absolute atomic E-state index is 0.807. The van der Waals surface area contributed by atoms with E-state index in [1.54, 1.807) is 0 Å². The van der Waals surface area contributed by atoms with Gasteiger partial charge in [-0.3, -0.25) is 0 Å². The van der Waals surface area contributed by atoms with E-state index in [0.29, 0.717) is 0 Å². The van der Waals surface area contributed by atoms with Crippen LogP contribution in [0.25, 0.3) is 11.4 Å². The van der Waals surface area contributed by atoms with Gasteiger partial charge >= 0.3 is 0 Å². The van der Waals surface area contributed by atoms with Gasteiger partial charge in [-0.25, -0.2) is 9.97 Å². The van der Waals surface area contributed by atoms with Crippen LogP contribution in [0, 0.1) is 6.92 Å². The number of nitrogens with one attached hydrogen (secondary N) is 1. The van der Waals surface area contributed by atoms with Gasteiger partial charge in [0.2, 0.25) is 0 Å². The van der Waals surface area contributed by atoms with Gasteiger partial charge in [-0.05, 0) is 50.3 Å². The molecule has 0 radical (unpaired) electrons. The van der Waals surface area contributed by atoms with E-state index in [0.717, 1.165) is 34.5 Å². The van der Waals surface area contributed by atoms with Crippen molar-refractivity contribution in [3.8, 4) is 11.4 Å². The number of rotatable bonds is 2. The molecule has 0 fully saturated rings. The molecule has 0 spiro atoms. The Bertz CT molecular complexity index is 635. The van der Waals surface area contributed by atoms with Crippen LogP contribution in [-0.2, 0) is 12.8 Å². The van der Waals surface area contributed by atoms with Crippen molar-refractivity contribution >= 4 is 21.7 Å². The zero-order chi connectivity index (χ0) is 14.1. The molecule has 104 valence electrons. The van der Waals surface area contributed by atoms with Crippen molar-refractivity contribution < 1.29 is 0 Å². The molecule has 1 aliphatic carbocycles. The monoisotopic (exact) mass is 331 g/mol. The zero-order valence-corrected chi connectivity index (χ0v) is 13.4. The van der Waals surface area contributed by atoms with Gasteiger partial charge < -0.3 is 5.32 Å². The van der Waals surface area contributed by atoms with Gasteiger partial charge in [-0.2, -0.15) is 0 Å². The minimum atomic E-state index is 0.807. The van der Waals surface area contributed by atoms with Crippen molar-refractivity contribution in [3.63, 3.8) is 0 Å².